The van der Waals surface area contributed by atoms with E-state index in [0.29, 0.717) is 35.0 Å². The lowest BCUT2D eigenvalue weighted by Crippen LogP contribution is -2.05. The number of hydrogen-bond donors (Lipinski definition) is 1. The van der Waals surface area contributed by atoms with E-state index < -0.39 is 5.82 Å². The Hall–Kier alpha value is -4.12. The molecule has 0 saturated carbocycles. The molecule has 2 aromatic carbocycles. The van der Waals surface area contributed by atoms with Gasteiger partial charge in [-0.05, 0) is 41.1 Å². The van der Waals surface area contributed by atoms with Crippen molar-refractivity contribution in [2.24, 2.45) is 0 Å². The van der Waals surface area contributed by atoms with Crippen molar-refractivity contribution in [3.8, 4) is 23.3 Å². The van der Waals surface area contributed by atoms with Crippen molar-refractivity contribution in [3.05, 3.63) is 83.8 Å². The van der Waals surface area contributed by atoms with Gasteiger partial charge in [-0.25, -0.2) is 4.39 Å². The maximum absolute atomic E-state index is 14.1. The molecule has 0 radical (unpaired) electrons. The molecule has 0 aliphatic carbocycles. The highest BCUT2D eigenvalue weighted by Crippen LogP contribution is 2.19. The van der Waals surface area contributed by atoms with E-state index in [-0.39, 0.29) is 0 Å². The molecule has 0 spiro atoms. The molecule has 4 rings (SSSR count). The summed E-state index contributed by atoms with van der Waals surface area (Å²) in [5, 5.41) is 24.6. The maximum atomic E-state index is 14.1. The molecule has 0 aliphatic heterocycles. The van der Waals surface area contributed by atoms with Gasteiger partial charge in [-0.15, -0.1) is 15.0 Å². The number of pyridine rings is 1. The van der Waals surface area contributed by atoms with Crippen LogP contribution in [0.4, 0.5) is 10.1 Å². The molecule has 2 aromatic heterocycles. The molecule has 28 heavy (non-hydrogen) atoms. The van der Waals surface area contributed by atoms with Gasteiger partial charge in [-0.2, -0.15) is 5.26 Å². The molecule has 0 unspecified atom stereocenters. The fraction of sp³-hybridized carbons (Fsp3) is 0.0500. The molecule has 0 bridgehead atoms. The van der Waals surface area contributed by atoms with Crippen LogP contribution in [-0.2, 0) is 6.54 Å². The lowest BCUT2D eigenvalue weighted by atomic mass is 10.1. The van der Waals surface area contributed by atoms with Crippen LogP contribution < -0.4 is 5.32 Å². The topological polar surface area (TPSA) is 92.3 Å². The first-order valence-electron chi connectivity index (χ1n) is 8.47. The second-order valence-electron chi connectivity index (χ2n) is 5.94. The van der Waals surface area contributed by atoms with E-state index in [9.17, 15) is 9.65 Å². The number of nitriles is 1. The number of nitrogens with zero attached hydrogens (tertiary/aromatic N) is 6. The van der Waals surface area contributed by atoms with Crippen molar-refractivity contribution in [1.82, 2.24) is 25.2 Å². The van der Waals surface area contributed by atoms with Gasteiger partial charge in [0.1, 0.15) is 11.5 Å². The summed E-state index contributed by atoms with van der Waals surface area (Å²) in [7, 11) is 0. The van der Waals surface area contributed by atoms with Crippen molar-refractivity contribution >= 4 is 5.69 Å². The lowest BCUT2D eigenvalue weighted by Gasteiger charge is -2.09. The largest absolute Gasteiger partial charge is 0.381 e. The Morgan fingerprint density at radius 3 is 2.75 bits per heavy atom. The van der Waals surface area contributed by atoms with Crippen LogP contribution in [0.15, 0.2) is 66.9 Å². The van der Waals surface area contributed by atoms with Crippen LogP contribution in [0.2, 0.25) is 0 Å². The predicted octanol–water partition coefficient (Wildman–Crippen LogP) is 3.35. The van der Waals surface area contributed by atoms with Crippen LogP contribution in [0, 0.1) is 17.1 Å². The van der Waals surface area contributed by atoms with E-state index in [1.54, 1.807) is 36.5 Å². The second-order valence-corrected chi connectivity index (χ2v) is 5.94. The molecule has 2 heterocycles. The first-order valence-corrected chi connectivity index (χ1v) is 8.47. The molecule has 0 amide bonds. The van der Waals surface area contributed by atoms with E-state index >= 15 is 0 Å². The predicted molar refractivity (Wildman–Crippen MR) is 101 cm³/mol. The van der Waals surface area contributed by atoms with Gasteiger partial charge in [0.2, 0.25) is 5.82 Å². The van der Waals surface area contributed by atoms with Gasteiger partial charge in [0.05, 0.1) is 17.3 Å². The van der Waals surface area contributed by atoms with Crippen LogP contribution in [-0.4, -0.2) is 25.2 Å². The first kappa shape index (κ1) is 17.3. The van der Waals surface area contributed by atoms with Gasteiger partial charge in [0, 0.05) is 24.5 Å². The van der Waals surface area contributed by atoms with Gasteiger partial charge in [0.25, 0.3) is 0 Å². The fourth-order valence-corrected chi connectivity index (χ4v) is 2.69. The Labute approximate surface area is 160 Å². The van der Waals surface area contributed by atoms with Gasteiger partial charge in [-0.3, -0.25) is 4.98 Å². The number of halogens is 1. The molecule has 8 heteroatoms. The van der Waals surface area contributed by atoms with Crippen molar-refractivity contribution in [3.63, 3.8) is 0 Å². The minimum absolute atomic E-state index is 0.349. The van der Waals surface area contributed by atoms with E-state index in [4.69, 9.17) is 0 Å². The number of rotatable bonds is 5. The molecular formula is C20H14FN7. The van der Waals surface area contributed by atoms with E-state index in [1.165, 1.54) is 16.9 Å². The third kappa shape index (κ3) is 3.68. The Morgan fingerprint density at radius 2 is 1.93 bits per heavy atom. The molecule has 1 N–H and O–H groups in total. The van der Waals surface area contributed by atoms with Crippen molar-refractivity contribution in [1.29, 1.82) is 5.26 Å². The fourth-order valence-electron chi connectivity index (χ4n) is 2.69. The molecule has 7 nitrogen and oxygen atoms in total. The molecule has 0 aliphatic rings. The smallest absolute Gasteiger partial charge is 0.223 e. The average molecular weight is 371 g/mol. The summed E-state index contributed by atoms with van der Waals surface area (Å²) in [6, 6.07) is 19.2. The number of tetrazole rings is 1. The summed E-state index contributed by atoms with van der Waals surface area (Å²) in [5.74, 6) is -0.0902. The third-order valence-electron chi connectivity index (χ3n) is 4.04. The highest BCUT2D eigenvalue weighted by atomic mass is 19.1. The number of aromatic nitrogens is 5. The van der Waals surface area contributed by atoms with E-state index in [0.717, 1.165) is 5.56 Å². The lowest BCUT2D eigenvalue weighted by molar-refractivity contribution is 0.621. The minimum atomic E-state index is -0.440. The molecule has 0 saturated heterocycles. The number of nitrogens with one attached hydrogen (secondary N) is 1. The molecular weight excluding hydrogens is 357 g/mol. The van der Waals surface area contributed by atoms with Crippen molar-refractivity contribution in [2.75, 3.05) is 5.32 Å². The van der Waals surface area contributed by atoms with Crippen molar-refractivity contribution < 1.29 is 4.39 Å². The SMILES string of the molecule is N#Cc1ccccc1CNc1cc(F)cc(-n2nnc(-c3ccccn3)n2)c1. The normalized spacial score (nSPS) is 10.4. The monoisotopic (exact) mass is 371 g/mol. The van der Waals surface area contributed by atoms with Gasteiger partial charge in [0.15, 0.2) is 0 Å². The zero-order chi connectivity index (χ0) is 19.3. The zero-order valence-electron chi connectivity index (χ0n) is 14.6. The zero-order valence-corrected chi connectivity index (χ0v) is 14.6. The van der Waals surface area contributed by atoms with Crippen LogP contribution in [0.1, 0.15) is 11.1 Å². The van der Waals surface area contributed by atoms with Gasteiger partial charge < -0.3 is 5.32 Å². The van der Waals surface area contributed by atoms with Gasteiger partial charge >= 0.3 is 0 Å². The molecule has 4 aromatic rings. The standard InChI is InChI=1S/C20H14FN7/c21-16-9-17(24-13-15-6-2-1-5-14(15)12-22)11-18(10-16)28-26-20(25-27-28)19-7-3-4-8-23-19/h1-11,24H,13H2. The Bertz CT molecular complexity index is 1150. The summed E-state index contributed by atoms with van der Waals surface area (Å²) in [6.45, 7) is 0.386. The van der Waals surface area contributed by atoms with Crippen LogP contribution in [0.3, 0.4) is 0 Å². The summed E-state index contributed by atoms with van der Waals surface area (Å²) >= 11 is 0. The first-order chi connectivity index (χ1) is 13.7. The Morgan fingerprint density at radius 1 is 1.07 bits per heavy atom. The van der Waals surface area contributed by atoms with E-state index in [1.807, 2.05) is 18.2 Å². The summed E-state index contributed by atoms with van der Waals surface area (Å²) < 4.78 is 14.1. The highest BCUT2D eigenvalue weighted by molar-refractivity contribution is 5.53. The van der Waals surface area contributed by atoms with E-state index in [2.05, 4.69) is 31.8 Å². The number of hydrogen-bond acceptors (Lipinski definition) is 6. The van der Waals surface area contributed by atoms with Crippen LogP contribution in [0.25, 0.3) is 17.2 Å². The average Bonchev–Trinajstić information content (AvgIpc) is 3.23. The Kier molecular flexibility index (Phi) is 4.72. The second kappa shape index (κ2) is 7.63. The summed E-state index contributed by atoms with van der Waals surface area (Å²) in [5.41, 5.74) is 2.94. The van der Waals surface area contributed by atoms with Crippen molar-refractivity contribution in [2.45, 2.75) is 6.54 Å². The summed E-state index contributed by atoms with van der Waals surface area (Å²) in [6.07, 6.45) is 1.64. The van der Waals surface area contributed by atoms with Gasteiger partial charge in [-0.1, -0.05) is 24.3 Å². The highest BCUT2D eigenvalue weighted by Gasteiger charge is 2.10. The number of anilines is 1. The third-order valence-corrected chi connectivity index (χ3v) is 4.04. The molecule has 136 valence electrons. The quantitative estimate of drug-likeness (QED) is 0.578. The van der Waals surface area contributed by atoms with Crippen LogP contribution in [0.5, 0.6) is 0 Å². The minimum Gasteiger partial charge on any atom is -0.381 e. The molecule has 0 atom stereocenters. The Balaban J connectivity index is 1.58. The summed E-state index contributed by atoms with van der Waals surface area (Å²) in [4.78, 5) is 5.43. The van der Waals surface area contributed by atoms with Crippen LogP contribution >= 0.6 is 0 Å². The number of benzene rings is 2. The molecule has 0 fully saturated rings. The maximum Gasteiger partial charge on any atom is 0.223 e.